The Morgan fingerprint density at radius 2 is 2.06 bits per heavy atom. The molecular formula is C12H12BrO3P. The Hall–Kier alpha value is -0.830. The summed E-state index contributed by atoms with van der Waals surface area (Å²) in [5, 5.41) is 0.578. The highest BCUT2D eigenvalue weighted by molar-refractivity contribution is 9.11. The summed E-state index contributed by atoms with van der Waals surface area (Å²) in [6, 6.07) is 9.44. The second-order valence-corrected chi connectivity index (χ2v) is 6.28. The second kappa shape index (κ2) is 5.21. The fourth-order valence-corrected chi connectivity index (χ4v) is 3.85. The van der Waals surface area contributed by atoms with E-state index in [-0.39, 0.29) is 0 Å². The summed E-state index contributed by atoms with van der Waals surface area (Å²) in [7, 11) is -3.23. The van der Waals surface area contributed by atoms with E-state index in [0.29, 0.717) is 11.9 Å². The average molecular weight is 315 g/mol. The first-order valence-electron chi connectivity index (χ1n) is 5.22. The molecule has 1 heterocycles. The van der Waals surface area contributed by atoms with Gasteiger partial charge in [0.2, 0.25) is 0 Å². The zero-order chi connectivity index (χ0) is 12.3. The largest absolute Gasteiger partial charge is 0.428 e. The molecule has 0 saturated carbocycles. The van der Waals surface area contributed by atoms with Crippen LogP contribution in [0.2, 0.25) is 0 Å². The van der Waals surface area contributed by atoms with E-state index in [4.69, 9.17) is 9.05 Å². The van der Waals surface area contributed by atoms with E-state index in [1.807, 2.05) is 30.3 Å². The standard InChI is InChI=1S/C12H12BrO3P/c1-2-15-17(14)12(8-11(13)9-16-17)10-6-4-3-5-7-10/h3-9H,2H2,1H3. The number of allylic oxidation sites excluding steroid dienone is 2. The quantitative estimate of drug-likeness (QED) is 0.769. The molecule has 1 aliphatic heterocycles. The van der Waals surface area contributed by atoms with Gasteiger partial charge in [-0.05, 0) is 34.5 Å². The van der Waals surface area contributed by atoms with E-state index in [9.17, 15) is 4.57 Å². The molecule has 0 amide bonds. The number of hydrogen-bond acceptors (Lipinski definition) is 3. The van der Waals surface area contributed by atoms with Gasteiger partial charge >= 0.3 is 7.60 Å². The molecule has 0 aliphatic carbocycles. The molecule has 0 spiro atoms. The van der Waals surface area contributed by atoms with Gasteiger partial charge in [-0.3, -0.25) is 4.52 Å². The molecule has 1 unspecified atom stereocenters. The molecule has 0 N–H and O–H groups in total. The van der Waals surface area contributed by atoms with Crippen molar-refractivity contribution in [1.82, 2.24) is 0 Å². The maximum atomic E-state index is 12.5. The van der Waals surface area contributed by atoms with Crippen molar-refractivity contribution in [2.45, 2.75) is 6.92 Å². The third-order valence-electron chi connectivity index (χ3n) is 2.24. The maximum absolute atomic E-state index is 12.5. The Bertz CT molecular complexity index is 508. The third-order valence-corrected chi connectivity index (χ3v) is 4.62. The number of rotatable bonds is 3. The highest BCUT2D eigenvalue weighted by Gasteiger charge is 2.33. The first kappa shape index (κ1) is 12.6. The minimum Gasteiger partial charge on any atom is -0.428 e. The summed E-state index contributed by atoms with van der Waals surface area (Å²) in [4.78, 5) is 0. The van der Waals surface area contributed by atoms with Crippen molar-refractivity contribution in [3.05, 3.63) is 52.7 Å². The van der Waals surface area contributed by atoms with Crippen LogP contribution in [0.15, 0.2) is 47.2 Å². The van der Waals surface area contributed by atoms with Crippen LogP contribution in [0.5, 0.6) is 0 Å². The normalized spacial score (nSPS) is 23.6. The van der Waals surface area contributed by atoms with Crippen LogP contribution < -0.4 is 0 Å². The lowest BCUT2D eigenvalue weighted by Crippen LogP contribution is -1.99. The van der Waals surface area contributed by atoms with Gasteiger partial charge in [0.25, 0.3) is 0 Å². The molecule has 1 atom stereocenters. The molecule has 1 aliphatic rings. The molecule has 2 rings (SSSR count). The predicted molar refractivity (Wildman–Crippen MR) is 71.7 cm³/mol. The lowest BCUT2D eigenvalue weighted by molar-refractivity contribution is 0.272. The molecule has 0 aromatic heterocycles. The smallest absolute Gasteiger partial charge is 0.410 e. The highest BCUT2D eigenvalue weighted by Crippen LogP contribution is 2.63. The highest BCUT2D eigenvalue weighted by atomic mass is 79.9. The van der Waals surface area contributed by atoms with Gasteiger partial charge in [-0.25, -0.2) is 4.57 Å². The van der Waals surface area contributed by atoms with E-state index in [1.165, 1.54) is 6.26 Å². The summed E-state index contributed by atoms with van der Waals surface area (Å²) < 4.78 is 23.8. The molecule has 17 heavy (non-hydrogen) atoms. The van der Waals surface area contributed by atoms with E-state index < -0.39 is 7.60 Å². The van der Waals surface area contributed by atoms with E-state index in [2.05, 4.69) is 15.9 Å². The number of benzene rings is 1. The lowest BCUT2D eigenvalue weighted by atomic mass is 10.2. The van der Waals surface area contributed by atoms with Crippen molar-refractivity contribution < 1.29 is 13.6 Å². The van der Waals surface area contributed by atoms with Crippen LogP contribution in [-0.2, 0) is 13.6 Å². The molecule has 90 valence electrons. The lowest BCUT2D eigenvalue weighted by Gasteiger charge is -2.22. The molecule has 3 nitrogen and oxygen atoms in total. The third kappa shape index (κ3) is 2.71. The van der Waals surface area contributed by atoms with E-state index in [0.717, 1.165) is 10.0 Å². The zero-order valence-corrected chi connectivity index (χ0v) is 11.8. The Balaban J connectivity index is 2.46. The van der Waals surface area contributed by atoms with Gasteiger partial charge in [-0.2, -0.15) is 0 Å². The number of hydrogen-bond donors (Lipinski definition) is 0. The van der Waals surface area contributed by atoms with Crippen molar-refractivity contribution in [3.63, 3.8) is 0 Å². The monoisotopic (exact) mass is 314 g/mol. The van der Waals surface area contributed by atoms with Gasteiger partial charge in [0.05, 0.1) is 16.4 Å². The maximum Gasteiger partial charge on any atom is 0.410 e. The molecule has 1 aromatic carbocycles. The molecular weight excluding hydrogens is 303 g/mol. The summed E-state index contributed by atoms with van der Waals surface area (Å²) >= 11 is 3.31. The summed E-state index contributed by atoms with van der Waals surface area (Å²) in [6.07, 6.45) is 3.18. The molecule has 5 heteroatoms. The fraction of sp³-hybridized carbons (Fsp3) is 0.167. The summed E-state index contributed by atoms with van der Waals surface area (Å²) in [6.45, 7) is 2.13. The molecule has 0 saturated heterocycles. The number of halogens is 1. The van der Waals surface area contributed by atoms with Gasteiger partial charge in [-0.1, -0.05) is 30.3 Å². The van der Waals surface area contributed by atoms with E-state index >= 15 is 0 Å². The molecule has 1 aromatic rings. The average Bonchev–Trinajstić information content (AvgIpc) is 2.34. The van der Waals surface area contributed by atoms with Crippen molar-refractivity contribution in [2.24, 2.45) is 0 Å². The molecule has 0 radical (unpaired) electrons. The SMILES string of the molecule is CCOP1(=O)OC=C(Br)C=C1c1ccccc1. The topological polar surface area (TPSA) is 35.5 Å². The van der Waals surface area contributed by atoms with Gasteiger partial charge in [-0.15, -0.1) is 0 Å². The Morgan fingerprint density at radius 1 is 1.35 bits per heavy atom. The van der Waals surface area contributed by atoms with Crippen molar-refractivity contribution in [1.29, 1.82) is 0 Å². The Kier molecular flexibility index (Phi) is 3.87. The molecule has 0 bridgehead atoms. The van der Waals surface area contributed by atoms with Gasteiger partial charge < -0.3 is 4.52 Å². The van der Waals surface area contributed by atoms with Crippen molar-refractivity contribution >= 4 is 28.8 Å². The summed E-state index contributed by atoms with van der Waals surface area (Å²) in [5.41, 5.74) is 0.842. The van der Waals surface area contributed by atoms with Crippen LogP contribution in [0.4, 0.5) is 0 Å². The Morgan fingerprint density at radius 3 is 2.71 bits per heavy atom. The van der Waals surface area contributed by atoms with Crippen LogP contribution >= 0.6 is 23.5 Å². The van der Waals surface area contributed by atoms with E-state index in [1.54, 1.807) is 13.0 Å². The minimum absolute atomic E-state index is 0.340. The fourth-order valence-electron chi connectivity index (χ4n) is 1.54. The van der Waals surface area contributed by atoms with Gasteiger partial charge in [0, 0.05) is 0 Å². The minimum atomic E-state index is -3.23. The molecule has 0 fully saturated rings. The summed E-state index contributed by atoms with van der Waals surface area (Å²) in [5.74, 6) is 0. The van der Waals surface area contributed by atoms with Gasteiger partial charge in [0.15, 0.2) is 0 Å². The van der Waals surface area contributed by atoms with Gasteiger partial charge in [0.1, 0.15) is 6.26 Å². The zero-order valence-electron chi connectivity index (χ0n) is 9.30. The van der Waals surface area contributed by atoms with Crippen LogP contribution in [0.1, 0.15) is 12.5 Å². The second-order valence-electron chi connectivity index (χ2n) is 3.42. The van der Waals surface area contributed by atoms with Crippen LogP contribution in [0.3, 0.4) is 0 Å². The van der Waals surface area contributed by atoms with Crippen molar-refractivity contribution in [3.8, 4) is 0 Å². The van der Waals surface area contributed by atoms with Crippen LogP contribution in [0, 0.1) is 0 Å². The predicted octanol–water partition coefficient (Wildman–Crippen LogP) is 4.52. The van der Waals surface area contributed by atoms with Crippen molar-refractivity contribution in [2.75, 3.05) is 6.61 Å². The van der Waals surface area contributed by atoms with Crippen LogP contribution in [0.25, 0.3) is 5.31 Å². The first-order valence-corrected chi connectivity index (χ1v) is 7.55. The first-order chi connectivity index (χ1) is 8.15. The Labute approximate surface area is 109 Å². The van der Waals surface area contributed by atoms with Crippen LogP contribution in [-0.4, -0.2) is 6.61 Å².